The lowest BCUT2D eigenvalue weighted by Crippen LogP contribution is -2.49. The molecule has 0 saturated carbocycles. The fourth-order valence-corrected chi connectivity index (χ4v) is 5.00. The van der Waals surface area contributed by atoms with Gasteiger partial charge in [-0.25, -0.2) is 0 Å². The summed E-state index contributed by atoms with van der Waals surface area (Å²) < 4.78 is 11.9. The van der Waals surface area contributed by atoms with Crippen LogP contribution in [-0.2, 0) is 16.1 Å². The van der Waals surface area contributed by atoms with E-state index in [1.54, 1.807) is 35.5 Å². The summed E-state index contributed by atoms with van der Waals surface area (Å²) in [5.74, 6) is 0.183. The number of ether oxygens (including phenoxy) is 2. The van der Waals surface area contributed by atoms with Gasteiger partial charge < -0.3 is 24.8 Å². The second kappa shape index (κ2) is 13.8. The molecular weight excluding hydrogens is 498 g/mol. The second-order valence-electron chi connectivity index (χ2n) is 10.6. The van der Waals surface area contributed by atoms with Gasteiger partial charge in [0.25, 0.3) is 5.91 Å². The molecule has 2 aliphatic rings. The predicted octanol–water partition coefficient (Wildman–Crippen LogP) is 2.09. The normalized spacial score (nSPS) is 21.1. The molecule has 10 heteroatoms. The number of hydrogen-bond donors (Lipinski definition) is 2. The Kier molecular flexibility index (Phi) is 10.3. The summed E-state index contributed by atoms with van der Waals surface area (Å²) in [6.07, 6.45) is 3.74. The van der Waals surface area contributed by atoms with E-state index in [0.29, 0.717) is 56.3 Å². The van der Waals surface area contributed by atoms with Crippen LogP contribution in [0.1, 0.15) is 36.2 Å². The number of amides is 2. The molecule has 3 atom stereocenters. The van der Waals surface area contributed by atoms with Gasteiger partial charge in [0.2, 0.25) is 5.91 Å². The molecule has 0 radical (unpaired) electrons. The van der Waals surface area contributed by atoms with Crippen LogP contribution in [0.15, 0.2) is 42.7 Å². The lowest BCUT2D eigenvalue weighted by molar-refractivity contribution is -0.116. The first-order chi connectivity index (χ1) is 18.8. The largest absolute Gasteiger partial charge is 0.488 e. The molecule has 1 aromatic carbocycles. The number of fused-ring (bicyclic) bond motifs is 1. The number of carbonyl (C=O) groups is 2. The van der Waals surface area contributed by atoms with E-state index in [1.807, 2.05) is 26.1 Å². The van der Waals surface area contributed by atoms with Crippen LogP contribution in [0.5, 0.6) is 5.75 Å². The Morgan fingerprint density at radius 3 is 2.69 bits per heavy atom. The molecule has 10 nitrogen and oxygen atoms in total. The third-order valence-electron chi connectivity index (χ3n) is 7.40. The van der Waals surface area contributed by atoms with Gasteiger partial charge >= 0.3 is 0 Å². The van der Waals surface area contributed by atoms with Gasteiger partial charge in [-0.15, -0.1) is 0 Å². The lowest BCUT2D eigenvalue weighted by atomic mass is 9.99. The molecule has 2 amide bonds. The second-order valence-corrected chi connectivity index (χ2v) is 10.6. The lowest BCUT2D eigenvalue weighted by Gasteiger charge is -2.38. The highest BCUT2D eigenvalue weighted by atomic mass is 16.5. The zero-order chi connectivity index (χ0) is 27.8. The molecule has 4 rings (SSSR count). The zero-order valence-corrected chi connectivity index (χ0v) is 23.2. The van der Waals surface area contributed by atoms with Gasteiger partial charge in [0.15, 0.2) is 0 Å². The molecule has 0 bridgehead atoms. The number of nitrogens with zero attached hydrogens (tertiary/aromatic N) is 4. The van der Waals surface area contributed by atoms with Crippen LogP contribution in [0.25, 0.3) is 0 Å². The van der Waals surface area contributed by atoms with Gasteiger partial charge in [0.05, 0.1) is 31.4 Å². The summed E-state index contributed by atoms with van der Waals surface area (Å²) in [6.45, 7) is 9.32. The Balaban J connectivity index is 1.50. The maximum atomic E-state index is 13.7. The summed E-state index contributed by atoms with van der Waals surface area (Å²) in [4.78, 5) is 36.6. The standard InChI is InChI=1S/C29H41N5O5/c1-21-17-34(22(2)20-35)29(37)25-16-24(31-28(36)8-11-33-12-14-38-15-13-33)4-5-26(25)39-27(21)19-32(3)18-23-6-9-30-10-7-23/h4-7,9-10,16,21-22,27,35H,8,11-15,17-20H2,1-3H3,(H,31,36)/t21-,22-,27-/m1/s1. The van der Waals surface area contributed by atoms with Crippen molar-refractivity contribution in [3.8, 4) is 5.75 Å². The number of aromatic nitrogens is 1. The molecule has 39 heavy (non-hydrogen) atoms. The first kappa shape index (κ1) is 28.9. The van der Waals surface area contributed by atoms with Crippen molar-refractivity contribution in [2.24, 2.45) is 5.92 Å². The van der Waals surface area contributed by atoms with Crippen molar-refractivity contribution in [2.75, 3.05) is 64.9 Å². The van der Waals surface area contributed by atoms with Gasteiger partial charge in [-0.2, -0.15) is 0 Å². The monoisotopic (exact) mass is 539 g/mol. The fraction of sp³-hybridized carbons (Fsp3) is 0.552. The Bertz CT molecular complexity index is 1090. The SMILES string of the molecule is C[C@@H]1CN([C@H](C)CO)C(=O)c2cc(NC(=O)CCN3CCOCC3)ccc2O[C@@H]1CN(C)Cc1ccncc1. The summed E-state index contributed by atoms with van der Waals surface area (Å²) in [5.41, 5.74) is 2.09. The number of carbonyl (C=O) groups excluding carboxylic acids is 2. The number of anilines is 1. The molecule has 0 aliphatic carbocycles. The molecule has 2 aromatic rings. The van der Waals surface area contributed by atoms with E-state index in [1.165, 1.54) is 0 Å². The number of morpholine rings is 1. The van der Waals surface area contributed by atoms with Gasteiger partial charge in [0, 0.05) is 69.7 Å². The van der Waals surface area contributed by atoms with Crippen molar-refractivity contribution in [3.05, 3.63) is 53.9 Å². The van der Waals surface area contributed by atoms with Crippen molar-refractivity contribution in [1.29, 1.82) is 0 Å². The van der Waals surface area contributed by atoms with E-state index in [0.717, 1.165) is 25.2 Å². The highest BCUT2D eigenvalue weighted by molar-refractivity contribution is 5.99. The first-order valence-electron chi connectivity index (χ1n) is 13.7. The number of likely N-dealkylation sites (N-methyl/N-ethyl adjacent to an activating group) is 1. The van der Waals surface area contributed by atoms with Crippen molar-refractivity contribution < 1.29 is 24.2 Å². The third-order valence-corrected chi connectivity index (χ3v) is 7.40. The van der Waals surface area contributed by atoms with E-state index < -0.39 is 0 Å². The molecule has 1 aromatic heterocycles. The number of benzene rings is 1. The van der Waals surface area contributed by atoms with Crippen LogP contribution >= 0.6 is 0 Å². The molecular formula is C29H41N5O5. The number of aliphatic hydroxyl groups excluding tert-OH is 1. The highest BCUT2D eigenvalue weighted by Gasteiger charge is 2.33. The smallest absolute Gasteiger partial charge is 0.258 e. The van der Waals surface area contributed by atoms with Crippen molar-refractivity contribution >= 4 is 17.5 Å². The highest BCUT2D eigenvalue weighted by Crippen LogP contribution is 2.31. The third kappa shape index (κ3) is 7.98. The number of pyridine rings is 1. The van der Waals surface area contributed by atoms with Gasteiger partial charge in [-0.05, 0) is 49.9 Å². The summed E-state index contributed by atoms with van der Waals surface area (Å²) in [6, 6.07) is 8.87. The van der Waals surface area contributed by atoms with Gasteiger partial charge in [-0.3, -0.25) is 24.4 Å². The van der Waals surface area contributed by atoms with E-state index in [2.05, 4.69) is 27.0 Å². The van der Waals surface area contributed by atoms with Crippen molar-refractivity contribution in [2.45, 2.75) is 39.0 Å². The minimum atomic E-state index is -0.354. The van der Waals surface area contributed by atoms with Crippen LogP contribution in [0, 0.1) is 5.92 Å². The van der Waals surface area contributed by atoms with Crippen LogP contribution < -0.4 is 10.1 Å². The maximum Gasteiger partial charge on any atom is 0.258 e. The van der Waals surface area contributed by atoms with Crippen molar-refractivity contribution in [3.63, 3.8) is 0 Å². The summed E-state index contributed by atoms with van der Waals surface area (Å²) in [7, 11) is 2.05. The Morgan fingerprint density at radius 2 is 1.97 bits per heavy atom. The minimum Gasteiger partial charge on any atom is -0.488 e. The molecule has 0 unspecified atom stereocenters. The predicted molar refractivity (Wildman–Crippen MR) is 149 cm³/mol. The maximum absolute atomic E-state index is 13.7. The Morgan fingerprint density at radius 1 is 1.23 bits per heavy atom. The van der Waals surface area contributed by atoms with Crippen molar-refractivity contribution in [1.82, 2.24) is 19.7 Å². The molecule has 212 valence electrons. The average molecular weight is 540 g/mol. The molecule has 1 saturated heterocycles. The first-order valence-corrected chi connectivity index (χ1v) is 13.7. The van der Waals surface area contributed by atoms with E-state index in [4.69, 9.17) is 9.47 Å². The zero-order valence-electron chi connectivity index (χ0n) is 23.2. The van der Waals surface area contributed by atoms with Crippen LogP contribution in [0.2, 0.25) is 0 Å². The molecule has 1 fully saturated rings. The average Bonchev–Trinajstić information content (AvgIpc) is 2.94. The molecule has 2 N–H and O–H groups in total. The van der Waals surface area contributed by atoms with Crippen LogP contribution in [0.4, 0.5) is 5.69 Å². The number of nitrogens with one attached hydrogen (secondary N) is 1. The minimum absolute atomic E-state index is 0.0237. The van der Waals surface area contributed by atoms with Gasteiger partial charge in [-0.1, -0.05) is 6.92 Å². The number of aliphatic hydroxyl groups is 1. The van der Waals surface area contributed by atoms with Gasteiger partial charge in [0.1, 0.15) is 11.9 Å². The topological polar surface area (TPSA) is 107 Å². The Hall–Kier alpha value is -3.05. The Labute approximate surface area is 230 Å². The van der Waals surface area contributed by atoms with E-state index in [9.17, 15) is 14.7 Å². The number of hydrogen-bond acceptors (Lipinski definition) is 8. The molecule has 3 heterocycles. The quantitative estimate of drug-likeness (QED) is 0.473. The summed E-state index contributed by atoms with van der Waals surface area (Å²) >= 11 is 0. The van der Waals surface area contributed by atoms with E-state index >= 15 is 0 Å². The van der Waals surface area contributed by atoms with E-state index in [-0.39, 0.29) is 36.5 Å². The molecule has 0 spiro atoms. The summed E-state index contributed by atoms with van der Waals surface area (Å²) in [5, 5.41) is 12.8. The van der Waals surface area contributed by atoms with Crippen LogP contribution in [-0.4, -0.2) is 108 Å². The molecule has 2 aliphatic heterocycles. The fourth-order valence-electron chi connectivity index (χ4n) is 5.00. The number of rotatable bonds is 10. The van der Waals surface area contributed by atoms with Crippen LogP contribution in [0.3, 0.4) is 0 Å².